The lowest BCUT2D eigenvalue weighted by atomic mass is 10.1. The molecule has 0 amide bonds. The molecular weight excluding hydrogens is 273 g/mol. The summed E-state index contributed by atoms with van der Waals surface area (Å²) in [5.74, 6) is -0.469. The van der Waals surface area contributed by atoms with Gasteiger partial charge >= 0.3 is 0 Å². The summed E-state index contributed by atoms with van der Waals surface area (Å²) in [7, 11) is 1.88. The molecule has 20 heavy (non-hydrogen) atoms. The number of amidine groups is 1. The van der Waals surface area contributed by atoms with E-state index in [-0.39, 0.29) is 17.7 Å². The smallest absolute Gasteiger partial charge is 0.147 e. The molecule has 0 saturated heterocycles. The largest absolute Gasteiger partial charge is 0.384 e. The summed E-state index contributed by atoms with van der Waals surface area (Å²) >= 11 is 1.71. The minimum atomic E-state index is -0.349. The third kappa shape index (κ3) is 3.17. The molecule has 1 unspecified atom stereocenters. The molecule has 5 heteroatoms. The molecule has 1 aromatic carbocycles. The van der Waals surface area contributed by atoms with Crippen molar-refractivity contribution >= 4 is 22.9 Å². The van der Waals surface area contributed by atoms with Crippen LogP contribution in [0.15, 0.2) is 35.7 Å². The van der Waals surface area contributed by atoms with Crippen LogP contribution < -0.4 is 10.6 Å². The van der Waals surface area contributed by atoms with Gasteiger partial charge in [0.15, 0.2) is 0 Å². The van der Waals surface area contributed by atoms with E-state index in [1.165, 1.54) is 10.9 Å². The highest BCUT2D eigenvalue weighted by molar-refractivity contribution is 7.09. The lowest BCUT2D eigenvalue weighted by Gasteiger charge is -2.27. The van der Waals surface area contributed by atoms with Gasteiger partial charge in [0.2, 0.25) is 0 Å². The zero-order valence-electron chi connectivity index (χ0n) is 11.6. The van der Waals surface area contributed by atoms with Crippen molar-refractivity contribution in [3.05, 3.63) is 52.0 Å². The first-order valence-electron chi connectivity index (χ1n) is 6.38. The van der Waals surface area contributed by atoms with Gasteiger partial charge in [0.1, 0.15) is 11.7 Å². The number of benzene rings is 1. The Balaban J connectivity index is 2.16. The summed E-state index contributed by atoms with van der Waals surface area (Å²) in [4.78, 5) is 3.20. The minimum Gasteiger partial charge on any atom is -0.384 e. The molecule has 0 aliphatic rings. The van der Waals surface area contributed by atoms with Crippen LogP contribution >= 0.6 is 11.3 Å². The van der Waals surface area contributed by atoms with Crippen LogP contribution in [0, 0.1) is 11.2 Å². The fourth-order valence-electron chi connectivity index (χ4n) is 2.05. The van der Waals surface area contributed by atoms with Crippen molar-refractivity contribution in [1.29, 1.82) is 5.41 Å². The number of thiophene rings is 1. The highest BCUT2D eigenvalue weighted by Crippen LogP contribution is 2.23. The normalized spacial score (nSPS) is 12.2. The fourth-order valence-corrected chi connectivity index (χ4v) is 2.88. The second kappa shape index (κ2) is 6.05. The number of nitrogens with two attached hydrogens (primary N) is 1. The van der Waals surface area contributed by atoms with Crippen molar-refractivity contribution in [1.82, 2.24) is 0 Å². The summed E-state index contributed by atoms with van der Waals surface area (Å²) in [5.41, 5.74) is 6.30. The molecule has 1 atom stereocenters. The average molecular weight is 291 g/mol. The second-order valence-corrected chi connectivity index (χ2v) is 5.86. The molecule has 3 N–H and O–H groups in total. The standard InChI is InChI=1S/C15H18FN3S/c1-10(8-12-4-3-7-20-12)19(2)14-6-5-11(15(17)18)9-13(14)16/h3-7,9-10H,8H2,1-2H3,(H3,17,18). The van der Waals surface area contributed by atoms with Crippen LogP contribution in [0.3, 0.4) is 0 Å². The Hall–Kier alpha value is -1.88. The zero-order valence-corrected chi connectivity index (χ0v) is 12.4. The molecule has 1 heterocycles. The van der Waals surface area contributed by atoms with Crippen LogP contribution in [0.2, 0.25) is 0 Å². The molecule has 2 aromatic rings. The van der Waals surface area contributed by atoms with E-state index in [9.17, 15) is 4.39 Å². The monoisotopic (exact) mass is 291 g/mol. The van der Waals surface area contributed by atoms with Gasteiger partial charge in [0.25, 0.3) is 0 Å². The number of anilines is 1. The number of nitrogen functional groups attached to an aromatic ring is 1. The van der Waals surface area contributed by atoms with Gasteiger partial charge in [0.05, 0.1) is 5.69 Å². The maximum absolute atomic E-state index is 14.1. The van der Waals surface area contributed by atoms with Gasteiger partial charge in [-0.15, -0.1) is 11.3 Å². The molecular formula is C15H18FN3S. The summed E-state index contributed by atoms with van der Waals surface area (Å²) in [6.45, 7) is 2.07. The van der Waals surface area contributed by atoms with E-state index >= 15 is 0 Å². The number of halogens is 1. The number of hydrogen-bond donors (Lipinski definition) is 2. The predicted molar refractivity (Wildman–Crippen MR) is 83.3 cm³/mol. The Kier molecular flexibility index (Phi) is 4.39. The lowest BCUT2D eigenvalue weighted by molar-refractivity contribution is 0.604. The first-order chi connectivity index (χ1) is 9.49. The Morgan fingerprint density at radius 3 is 2.75 bits per heavy atom. The Labute approximate surface area is 122 Å². The number of rotatable bonds is 5. The van der Waals surface area contributed by atoms with Gasteiger partial charge in [-0.2, -0.15) is 0 Å². The van der Waals surface area contributed by atoms with Crippen LogP contribution in [-0.2, 0) is 6.42 Å². The van der Waals surface area contributed by atoms with E-state index in [0.29, 0.717) is 11.3 Å². The van der Waals surface area contributed by atoms with Crippen molar-refractivity contribution in [3.63, 3.8) is 0 Å². The summed E-state index contributed by atoms with van der Waals surface area (Å²) in [6.07, 6.45) is 0.877. The van der Waals surface area contributed by atoms with Gasteiger partial charge in [-0.1, -0.05) is 6.07 Å². The van der Waals surface area contributed by atoms with Gasteiger partial charge in [-0.25, -0.2) is 4.39 Å². The molecule has 0 aliphatic heterocycles. The predicted octanol–water partition coefficient (Wildman–Crippen LogP) is 3.24. The van der Waals surface area contributed by atoms with E-state index in [1.54, 1.807) is 23.5 Å². The van der Waals surface area contributed by atoms with Crippen molar-refractivity contribution in [2.75, 3.05) is 11.9 Å². The van der Waals surface area contributed by atoms with Gasteiger partial charge < -0.3 is 10.6 Å². The molecule has 0 bridgehead atoms. The number of nitrogens with one attached hydrogen (secondary N) is 1. The first-order valence-corrected chi connectivity index (χ1v) is 7.26. The van der Waals surface area contributed by atoms with Crippen LogP contribution in [0.25, 0.3) is 0 Å². The Bertz CT molecular complexity index is 595. The average Bonchev–Trinajstić information content (AvgIpc) is 2.90. The van der Waals surface area contributed by atoms with Crippen LogP contribution in [0.1, 0.15) is 17.4 Å². The van der Waals surface area contributed by atoms with Crippen molar-refractivity contribution in [3.8, 4) is 0 Å². The summed E-state index contributed by atoms with van der Waals surface area (Å²) in [5, 5.41) is 9.37. The van der Waals surface area contributed by atoms with E-state index in [0.717, 1.165) is 6.42 Å². The molecule has 106 valence electrons. The number of likely N-dealkylation sites (N-methyl/N-ethyl adjacent to an activating group) is 1. The molecule has 0 fully saturated rings. The molecule has 0 spiro atoms. The highest BCUT2D eigenvalue weighted by Gasteiger charge is 2.15. The summed E-state index contributed by atoms with van der Waals surface area (Å²) < 4.78 is 14.1. The van der Waals surface area contributed by atoms with Crippen LogP contribution in [0.5, 0.6) is 0 Å². The minimum absolute atomic E-state index is 0.121. The highest BCUT2D eigenvalue weighted by atomic mass is 32.1. The molecule has 0 radical (unpaired) electrons. The topological polar surface area (TPSA) is 53.1 Å². The maximum Gasteiger partial charge on any atom is 0.147 e. The van der Waals surface area contributed by atoms with E-state index < -0.39 is 0 Å². The van der Waals surface area contributed by atoms with Crippen molar-refractivity contribution < 1.29 is 4.39 Å². The van der Waals surface area contributed by atoms with E-state index in [4.69, 9.17) is 11.1 Å². The van der Waals surface area contributed by atoms with Gasteiger partial charge in [0, 0.05) is 30.0 Å². The zero-order chi connectivity index (χ0) is 14.7. The SMILES string of the molecule is CC(Cc1cccs1)N(C)c1ccc(C(=N)N)cc1F. The van der Waals surface area contributed by atoms with Crippen LogP contribution in [0.4, 0.5) is 10.1 Å². The molecule has 3 nitrogen and oxygen atoms in total. The van der Waals surface area contributed by atoms with E-state index in [2.05, 4.69) is 13.0 Å². The lowest BCUT2D eigenvalue weighted by Crippen LogP contribution is -2.31. The second-order valence-electron chi connectivity index (χ2n) is 4.82. The number of hydrogen-bond acceptors (Lipinski definition) is 3. The Morgan fingerprint density at radius 2 is 2.20 bits per heavy atom. The summed E-state index contributed by atoms with van der Waals surface area (Å²) in [6, 6.07) is 8.96. The molecule has 0 saturated carbocycles. The Morgan fingerprint density at radius 1 is 1.45 bits per heavy atom. The van der Waals surface area contributed by atoms with Gasteiger partial charge in [-0.05, 0) is 36.6 Å². The first kappa shape index (κ1) is 14.5. The van der Waals surface area contributed by atoms with Crippen LogP contribution in [-0.4, -0.2) is 18.9 Å². The van der Waals surface area contributed by atoms with Gasteiger partial charge in [-0.3, -0.25) is 5.41 Å². The van der Waals surface area contributed by atoms with E-state index in [1.807, 2.05) is 23.4 Å². The number of nitrogens with zero attached hydrogens (tertiary/aromatic N) is 1. The third-order valence-corrected chi connectivity index (χ3v) is 4.28. The van der Waals surface area contributed by atoms with Crippen molar-refractivity contribution in [2.24, 2.45) is 5.73 Å². The quantitative estimate of drug-likeness (QED) is 0.656. The van der Waals surface area contributed by atoms with Crippen molar-refractivity contribution in [2.45, 2.75) is 19.4 Å². The molecule has 0 aliphatic carbocycles. The molecule has 2 rings (SSSR count). The molecule has 1 aromatic heterocycles. The maximum atomic E-state index is 14.1. The third-order valence-electron chi connectivity index (χ3n) is 3.38. The fraction of sp³-hybridized carbons (Fsp3) is 0.267.